The first-order valence-corrected chi connectivity index (χ1v) is 8.03. The van der Waals surface area contributed by atoms with E-state index in [0.29, 0.717) is 11.7 Å². The number of amides is 2. The molecular weight excluding hydrogens is 268 g/mol. The van der Waals surface area contributed by atoms with Gasteiger partial charge in [-0.05, 0) is 37.5 Å². The fourth-order valence-electron chi connectivity index (χ4n) is 2.56. The van der Waals surface area contributed by atoms with E-state index in [2.05, 4.69) is 32.9 Å². The molecule has 1 aromatic rings. The van der Waals surface area contributed by atoms with Gasteiger partial charge in [0.25, 0.3) is 0 Å². The minimum Gasteiger partial charge on any atom is -0.328 e. The van der Waals surface area contributed by atoms with Crippen molar-refractivity contribution in [2.45, 2.75) is 52.5 Å². The van der Waals surface area contributed by atoms with Crippen molar-refractivity contribution in [3.8, 4) is 0 Å². The summed E-state index contributed by atoms with van der Waals surface area (Å²) in [6, 6.07) is -0.0841. The molecule has 3 rings (SSSR count). The van der Waals surface area contributed by atoms with E-state index in [1.165, 1.54) is 0 Å². The molecule has 1 saturated heterocycles. The molecular formula is C14H26N6O. The molecule has 0 aromatic carbocycles. The molecule has 7 heteroatoms. The topological polar surface area (TPSA) is 86.8 Å². The highest BCUT2D eigenvalue weighted by Gasteiger charge is 2.37. The summed E-state index contributed by atoms with van der Waals surface area (Å²) in [5.41, 5.74) is 0. The quantitative estimate of drug-likeness (QED) is 0.894. The van der Waals surface area contributed by atoms with E-state index >= 15 is 0 Å². The number of carbonyl (C=O) groups is 1. The lowest BCUT2D eigenvalue weighted by Crippen LogP contribution is -2.45. The van der Waals surface area contributed by atoms with Crippen LogP contribution in [0.25, 0.3) is 0 Å². The Balaban J connectivity index is 0.000000774. The summed E-state index contributed by atoms with van der Waals surface area (Å²) in [6.45, 7) is 7.93. The molecule has 1 aliphatic heterocycles. The molecule has 1 unspecified atom stereocenters. The first kappa shape index (κ1) is 15.7. The molecule has 2 fully saturated rings. The molecule has 1 atom stereocenters. The molecule has 21 heavy (non-hydrogen) atoms. The average molecular weight is 294 g/mol. The van der Waals surface area contributed by atoms with Crippen LogP contribution in [0.2, 0.25) is 0 Å². The fraction of sp³-hybridized carbons (Fsp3) is 0.857. The minimum absolute atomic E-state index is 0.00796. The first-order valence-electron chi connectivity index (χ1n) is 8.03. The number of hydrogen-bond acceptors (Lipinski definition) is 4. The number of H-pyrrole nitrogens is 1. The summed E-state index contributed by atoms with van der Waals surface area (Å²) in [5.74, 6) is 1.78. The maximum Gasteiger partial charge on any atom is 0.317 e. The second kappa shape index (κ2) is 7.38. The van der Waals surface area contributed by atoms with Crippen LogP contribution in [-0.2, 0) is 0 Å². The van der Waals surface area contributed by atoms with Crippen LogP contribution in [-0.4, -0.2) is 44.6 Å². The lowest BCUT2D eigenvalue weighted by atomic mass is 9.99. The Morgan fingerprint density at radius 3 is 2.48 bits per heavy atom. The van der Waals surface area contributed by atoms with E-state index in [-0.39, 0.29) is 12.1 Å². The average Bonchev–Trinajstić information content (AvgIpc) is 3.21. The number of aromatic amines is 1. The summed E-state index contributed by atoms with van der Waals surface area (Å²) < 4.78 is 0. The lowest BCUT2D eigenvalue weighted by molar-refractivity contribution is 0.168. The predicted molar refractivity (Wildman–Crippen MR) is 79.5 cm³/mol. The number of hydrogen-bond donors (Lipinski definition) is 2. The number of tetrazole rings is 1. The van der Waals surface area contributed by atoms with Gasteiger partial charge in [0.1, 0.15) is 0 Å². The van der Waals surface area contributed by atoms with Gasteiger partial charge in [0.15, 0.2) is 5.82 Å². The Labute approximate surface area is 125 Å². The smallest absolute Gasteiger partial charge is 0.317 e. The van der Waals surface area contributed by atoms with Crippen LogP contribution in [0.15, 0.2) is 0 Å². The van der Waals surface area contributed by atoms with Crippen LogP contribution < -0.4 is 5.32 Å². The van der Waals surface area contributed by atoms with E-state index in [1.807, 2.05) is 18.7 Å². The Hall–Kier alpha value is -1.66. The van der Waals surface area contributed by atoms with E-state index in [1.54, 1.807) is 0 Å². The zero-order chi connectivity index (χ0) is 15.2. The van der Waals surface area contributed by atoms with Crippen molar-refractivity contribution in [1.82, 2.24) is 30.8 Å². The number of carbonyl (C=O) groups excluding carboxylic acids is 1. The normalized spacial score (nSPS) is 20.4. The first-order chi connectivity index (χ1) is 10.2. The molecule has 0 radical (unpaired) electrons. The van der Waals surface area contributed by atoms with Gasteiger partial charge >= 0.3 is 6.03 Å². The van der Waals surface area contributed by atoms with Gasteiger partial charge in [-0.2, -0.15) is 5.21 Å². The Morgan fingerprint density at radius 2 is 1.95 bits per heavy atom. The lowest BCUT2D eigenvalue weighted by Gasteiger charge is -2.31. The van der Waals surface area contributed by atoms with Crippen molar-refractivity contribution in [3.63, 3.8) is 0 Å². The van der Waals surface area contributed by atoms with E-state index < -0.39 is 0 Å². The number of likely N-dealkylation sites (tertiary alicyclic amines) is 1. The monoisotopic (exact) mass is 294 g/mol. The van der Waals surface area contributed by atoms with Gasteiger partial charge in [0, 0.05) is 13.1 Å². The standard InChI is InChI=1S/C12H20N6O.C2H6/c1-8-4-6-18(7-5-8)12(19)13-10(9-2-3-9)11-14-16-17-15-11;1-2/h8-10H,2-7H2,1H3,(H,13,19)(H,14,15,16,17);1-2H3. The highest BCUT2D eigenvalue weighted by molar-refractivity contribution is 5.74. The molecule has 2 amide bonds. The minimum atomic E-state index is -0.0920. The van der Waals surface area contributed by atoms with Gasteiger partial charge in [-0.15, -0.1) is 10.2 Å². The molecule has 2 aliphatic rings. The second-order valence-corrected chi connectivity index (χ2v) is 5.70. The van der Waals surface area contributed by atoms with Crippen molar-refractivity contribution < 1.29 is 4.79 Å². The molecule has 1 aromatic heterocycles. The third kappa shape index (κ3) is 4.15. The molecule has 0 spiro atoms. The Morgan fingerprint density at radius 1 is 1.29 bits per heavy atom. The molecule has 1 aliphatic carbocycles. The van der Waals surface area contributed by atoms with Gasteiger partial charge in [-0.3, -0.25) is 0 Å². The summed E-state index contributed by atoms with van der Waals surface area (Å²) in [5, 5.41) is 17.1. The van der Waals surface area contributed by atoms with Crippen LogP contribution in [0.3, 0.4) is 0 Å². The molecule has 2 heterocycles. The van der Waals surface area contributed by atoms with Crippen LogP contribution in [0.4, 0.5) is 4.79 Å². The Kier molecular flexibility index (Phi) is 5.52. The van der Waals surface area contributed by atoms with Gasteiger partial charge in [-0.25, -0.2) is 4.79 Å². The zero-order valence-electron chi connectivity index (χ0n) is 13.2. The van der Waals surface area contributed by atoms with Crippen molar-refractivity contribution in [1.29, 1.82) is 0 Å². The van der Waals surface area contributed by atoms with Crippen LogP contribution in [0.5, 0.6) is 0 Å². The van der Waals surface area contributed by atoms with Gasteiger partial charge < -0.3 is 10.2 Å². The maximum absolute atomic E-state index is 12.3. The van der Waals surface area contributed by atoms with Crippen LogP contribution >= 0.6 is 0 Å². The van der Waals surface area contributed by atoms with Crippen LogP contribution in [0, 0.1) is 11.8 Å². The largest absolute Gasteiger partial charge is 0.328 e. The molecule has 118 valence electrons. The van der Waals surface area contributed by atoms with Crippen LogP contribution in [0.1, 0.15) is 58.3 Å². The van der Waals surface area contributed by atoms with Crippen molar-refractivity contribution in [2.75, 3.05) is 13.1 Å². The van der Waals surface area contributed by atoms with Gasteiger partial charge in [0.2, 0.25) is 0 Å². The number of nitrogens with zero attached hydrogens (tertiary/aromatic N) is 4. The van der Waals surface area contributed by atoms with Gasteiger partial charge in [-0.1, -0.05) is 26.0 Å². The zero-order valence-corrected chi connectivity index (χ0v) is 13.2. The number of piperidine rings is 1. The molecule has 0 bridgehead atoms. The predicted octanol–water partition coefficient (Wildman–Crippen LogP) is 2.12. The van der Waals surface area contributed by atoms with Crippen molar-refractivity contribution >= 4 is 6.03 Å². The summed E-state index contributed by atoms with van der Waals surface area (Å²) in [4.78, 5) is 14.2. The van der Waals surface area contributed by atoms with Gasteiger partial charge in [0.05, 0.1) is 6.04 Å². The van der Waals surface area contributed by atoms with Crippen molar-refractivity contribution in [2.24, 2.45) is 11.8 Å². The van der Waals surface area contributed by atoms with E-state index in [0.717, 1.165) is 44.7 Å². The fourth-order valence-corrected chi connectivity index (χ4v) is 2.56. The third-order valence-electron chi connectivity index (χ3n) is 4.08. The van der Waals surface area contributed by atoms with E-state index in [4.69, 9.17) is 0 Å². The number of aromatic nitrogens is 4. The molecule has 2 N–H and O–H groups in total. The molecule has 1 saturated carbocycles. The SMILES string of the molecule is CC.CC1CCN(C(=O)NC(c2nn[nH]n2)C2CC2)CC1. The highest BCUT2D eigenvalue weighted by Crippen LogP contribution is 2.39. The molecule has 7 nitrogen and oxygen atoms in total. The highest BCUT2D eigenvalue weighted by atomic mass is 16.2. The summed E-state index contributed by atoms with van der Waals surface area (Å²) in [6.07, 6.45) is 4.42. The second-order valence-electron chi connectivity index (χ2n) is 5.70. The maximum atomic E-state index is 12.3. The summed E-state index contributed by atoms with van der Waals surface area (Å²) in [7, 11) is 0. The Bertz CT molecular complexity index is 423. The number of nitrogens with one attached hydrogen (secondary N) is 2. The number of rotatable bonds is 3. The summed E-state index contributed by atoms with van der Waals surface area (Å²) >= 11 is 0. The van der Waals surface area contributed by atoms with Crippen molar-refractivity contribution in [3.05, 3.63) is 5.82 Å². The third-order valence-corrected chi connectivity index (χ3v) is 4.08. The van der Waals surface area contributed by atoms with E-state index in [9.17, 15) is 4.79 Å². The number of urea groups is 1.